The second-order valence-electron chi connectivity index (χ2n) is 8.80. The molecule has 1 rings (SSSR count). The van der Waals surface area contributed by atoms with Crippen molar-refractivity contribution in [2.45, 2.75) is 122 Å². The first-order valence-electron chi connectivity index (χ1n) is 11.6. The first-order valence-corrected chi connectivity index (χ1v) is 11.6. The minimum Gasteiger partial charge on any atom is -0.326 e. The number of nitrogens with zero attached hydrogens (tertiary/aromatic N) is 1. The Hall–Kier alpha value is -0.0400. The smallest absolute Gasteiger partial charge is 0.0784 e. The zero-order valence-electron chi connectivity index (χ0n) is 17.3. The number of hydrogen-bond acceptors (Lipinski definition) is 0. The molecular formula is C23H48N+. The fourth-order valence-corrected chi connectivity index (χ4v) is 4.36. The van der Waals surface area contributed by atoms with Gasteiger partial charge in [0, 0.05) is 0 Å². The Balaban J connectivity index is 1.73. The van der Waals surface area contributed by atoms with Crippen molar-refractivity contribution in [1.29, 1.82) is 0 Å². The molecule has 0 aliphatic carbocycles. The third-order valence-corrected chi connectivity index (χ3v) is 6.20. The molecule has 0 amide bonds. The minimum atomic E-state index is 1.37. The van der Waals surface area contributed by atoms with E-state index in [1.54, 1.807) is 0 Å². The van der Waals surface area contributed by atoms with Crippen molar-refractivity contribution < 1.29 is 4.48 Å². The molecule has 24 heavy (non-hydrogen) atoms. The summed E-state index contributed by atoms with van der Waals surface area (Å²) in [4.78, 5) is 0. The van der Waals surface area contributed by atoms with Gasteiger partial charge in [-0.05, 0) is 32.1 Å². The van der Waals surface area contributed by atoms with E-state index in [0.29, 0.717) is 0 Å². The summed E-state index contributed by atoms with van der Waals surface area (Å²) in [5.74, 6) is 0. The van der Waals surface area contributed by atoms with Crippen LogP contribution in [0.25, 0.3) is 0 Å². The molecule has 0 N–H and O–H groups in total. The molecule has 1 heteroatoms. The average molecular weight is 339 g/mol. The molecule has 1 heterocycles. The number of rotatable bonds is 16. The van der Waals surface area contributed by atoms with Crippen LogP contribution in [0.15, 0.2) is 0 Å². The molecule has 1 nitrogen and oxygen atoms in total. The van der Waals surface area contributed by atoms with Crippen molar-refractivity contribution in [3.05, 3.63) is 0 Å². The maximum Gasteiger partial charge on any atom is 0.0784 e. The predicted molar refractivity (Wildman–Crippen MR) is 110 cm³/mol. The summed E-state index contributed by atoms with van der Waals surface area (Å²) in [7, 11) is 2.49. The standard InChI is InChI=1S/C23H48N/c1-3-4-5-6-7-8-9-10-11-12-13-14-15-16-18-21-24(2)22-19-17-20-23-24/h3-23H2,1-2H3/q+1. The summed E-state index contributed by atoms with van der Waals surface area (Å²) in [5.41, 5.74) is 0. The van der Waals surface area contributed by atoms with Crippen LogP contribution in [0.5, 0.6) is 0 Å². The Morgan fingerprint density at radius 2 is 0.875 bits per heavy atom. The van der Waals surface area contributed by atoms with E-state index in [2.05, 4.69) is 14.0 Å². The van der Waals surface area contributed by atoms with Gasteiger partial charge in [0.05, 0.1) is 26.7 Å². The van der Waals surface area contributed by atoms with Gasteiger partial charge < -0.3 is 4.48 Å². The highest BCUT2D eigenvalue weighted by atomic mass is 15.3. The van der Waals surface area contributed by atoms with Crippen LogP contribution in [0.1, 0.15) is 122 Å². The highest BCUT2D eigenvalue weighted by molar-refractivity contribution is 4.53. The number of unbranched alkanes of at least 4 members (excludes halogenated alkanes) is 14. The molecule has 1 saturated heterocycles. The first kappa shape index (κ1) is 22.0. The molecule has 0 atom stereocenters. The summed E-state index contributed by atoms with van der Waals surface area (Å²) in [6, 6.07) is 0. The van der Waals surface area contributed by atoms with E-state index in [1.165, 1.54) is 140 Å². The zero-order valence-corrected chi connectivity index (χ0v) is 17.3. The van der Waals surface area contributed by atoms with Gasteiger partial charge in [-0.1, -0.05) is 90.4 Å². The summed E-state index contributed by atoms with van der Waals surface area (Å²) in [5, 5.41) is 0. The largest absolute Gasteiger partial charge is 0.326 e. The molecule has 0 unspecified atom stereocenters. The Morgan fingerprint density at radius 1 is 0.500 bits per heavy atom. The van der Waals surface area contributed by atoms with E-state index in [-0.39, 0.29) is 0 Å². The molecule has 0 aromatic heterocycles. The van der Waals surface area contributed by atoms with E-state index in [9.17, 15) is 0 Å². The number of hydrogen-bond donors (Lipinski definition) is 0. The zero-order chi connectivity index (χ0) is 17.3. The molecule has 0 aromatic carbocycles. The summed E-state index contributed by atoms with van der Waals surface area (Å²) < 4.78 is 1.37. The predicted octanol–water partition coefficient (Wildman–Crippen LogP) is 7.49. The van der Waals surface area contributed by atoms with E-state index < -0.39 is 0 Å². The summed E-state index contributed by atoms with van der Waals surface area (Å²) in [6.45, 7) is 6.63. The number of quaternary nitrogens is 1. The third kappa shape index (κ3) is 12.3. The van der Waals surface area contributed by atoms with Crippen molar-refractivity contribution in [3.63, 3.8) is 0 Å². The Morgan fingerprint density at radius 3 is 1.29 bits per heavy atom. The minimum absolute atomic E-state index is 1.37. The highest BCUT2D eigenvalue weighted by Gasteiger charge is 2.23. The van der Waals surface area contributed by atoms with Crippen molar-refractivity contribution in [2.24, 2.45) is 0 Å². The normalized spacial score (nSPS) is 17.2. The highest BCUT2D eigenvalue weighted by Crippen LogP contribution is 2.18. The number of piperidine rings is 1. The fourth-order valence-electron chi connectivity index (χ4n) is 4.36. The number of likely N-dealkylation sites (tertiary alicyclic amines) is 1. The Labute approximate surface area is 154 Å². The van der Waals surface area contributed by atoms with Crippen LogP contribution in [0.4, 0.5) is 0 Å². The van der Waals surface area contributed by atoms with Crippen LogP contribution in [-0.2, 0) is 0 Å². The molecule has 0 spiro atoms. The van der Waals surface area contributed by atoms with Crippen molar-refractivity contribution in [2.75, 3.05) is 26.7 Å². The van der Waals surface area contributed by atoms with Crippen molar-refractivity contribution in [1.82, 2.24) is 0 Å². The van der Waals surface area contributed by atoms with Gasteiger partial charge in [0.2, 0.25) is 0 Å². The fraction of sp³-hybridized carbons (Fsp3) is 1.00. The Kier molecular flexibility index (Phi) is 14.0. The lowest BCUT2D eigenvalue weighted by molar-refractivity contribution is -0.914. The van der Waals surface area contributed by atoms with Gasteiger partial charge in [-0.25, -0.2) is 0 Å². The molecule has 0 bridgehead atoms. The van der Waals surface area contributed by atoms with Crippen LogP contribution in [0, 0.1) is 0 Å². The SMILES string of the molecule is CCCCCCCCCCCCCCCCC[N+]1(C)CCCCC1. The van der Waals surface area contributed by atoms with Crippen LogP contribution >= 0.6 is 0 Å². The van der Waals surface area contributed by atoms with Crippen LogP contribution in [0.2, 0.25) is 0 Å². The van der Waals surface area contributed by atoms with Gasteiger partial charge >= 0.3 is 0 Å². The van der Waals surface area contributed by atoms with Gasteiger partial charge in [0.15, 0.2) is 0 Å². The molecule has 1 fully saturated rings. The third-order valence-electron chi connectivity index (χ3n) is 6.20. The molecule has 144 valence electrons. The lowest BCUT2D eigenvalue weighted by atomic mass is 10.0. The molecule has 1 aliphatic heterocycles. The van der Waals surface area contributed by atoms with Gasteiger partial charge in [0.25, 0.3) is 0 Å². The Bertz CT molecular complexity index is 255. The van der Waals surface area contributed by atoms with Gasteiger partial charge in [-0.3, -0.25) is 0 Å². The maximum absolute atomic E-state index is 2.49. The van der Waals surface area contributed by atoms with Crippen molar-refractivity contribution in [3.8, 4) is 0 Å². The summed E-state index contributed by atoms with van der Waals surface area (Å²) in [6.07, 6.45) is 26.5. The quantitative estimate of drug-likeness (QED) is 0.202. The van der Waals surface area contributed by atoms with E-state index in [1.807, 2.05) is 0 Å². The van der Waals surface area contributed by atoms with Gasteiger partial charge in [-0.15, -0.1) is 0 Å². The van der Waals surface area contributed by atoms with E-state index in [0.717, 1.165) is 0 Å². The van der Waals surface area contributed by atoms with Crippen molar-refractivity contribution >= 4 is 0 Å². The molecule has 0 saturated carbocycles. The van der Waals surface area contributed by atoms with Gasteiger partial charge in [-0.2, -0.15) is 0 Å². The molecule has 1 aliphatic rings. The monoisotopic (exact) mass is 338 g/mol. The average Bonchev–Trinajstić information content (AvgIpc) is 2.59. The molecular weight excluding hydrogens is 290 g/mol. The first-order chi connectivity index (χ1) is 11.8. The van der Waals surface area contributed by atoms with Gasteiger partial charge in [0.1, 0.15) is 0 Å². The van der Waals surface area contributed by atoms with Crippen LogP contribution in [-0.4, -0.2) is 31.2 Å². The lowest BCUT2D eigenvalue weighted by Crippen LogP contribution is -2.48. The lowest BCUT2D eigenvalue weighted by Gasteiger charge is -2.37. The van der Waals surface area contributed by atoms with E-state index in [4.69, 9.17) is 0 Å². The second-order valence-corrected chi connectivity index (χ2v) is 8.80. The second kappa shape index (κ2) is 15.2. The van der Waals surface area contributed by atoms with Crippen LogP contribution < -0.4 is 0 Å². The van der Waals surface area contributed by atoms with Crippen LogP contribution in [0.3, 0.4) is 0 Å². The van der Waals surface area contributed by atoms with E-state index >= 15 is 0 Å². The topological polar surface area (TPSA) is 0 Å². The molecule has 0 aromatic rings. The molecule has 0 radical (unpaired) electrons. The maximum atomic E-state index is 2.49. The summed E-state index contributed by atoms with van der Waals surface area (Å²) >= 11 is 0.